The van der Waals surface area contributed by atoms with Crippen molar-refractivity contribution in [3.63, 3.8) is 0 Å². The molecule has 18 N–H and O–H groups in total. The van der Waals surface area contributed by atoms with Crippen LogP contribution in [0.5, 0.6) is 0 Å². The van der Waals surface area contributed by atoms with Crippen molar-refractivity contribution in [1.29, 1.82) is 0 Å². The molecule has 0 fully saturated rings. The molecule has 0 saturated heterocycles. The summed E-state index contributed by atoms with van der Waals surface area (Å²) < 4.78 is 0. The van der Waals surface area contributed by atoms with Gasteiger partial charge in [0, 0.05) is 70.1 Å². The number of nitrogens with two attached hydrogens (primary N) is 6. The molecule has 8 amide bonds. The van der Waals surface area contributed by atoms with Crippen LogP contribution in [0, 0.1) is 12.8 Å². The number of rotatable bonds is 8. The van der Waals surface area contributed by atoms with E-state index in [2.05, 4.69) is 70.0 Å². The number of urea groups is 4. The Morgan fingerprint density at radius 1 is 0.442 bits per heavy atom. The van der Waals surface area contributed by atoms with E-state index in [4.69, 9.17) is 34.4 Å². The Balaban J connectivity index is 0.000000702. The molecule has 0 aromatic heterocycles. The van der Waals surface area contributed by atoms with Gasteiger partial charge < -0.3 is 66.3 Å². The average molecular weight is 751 g/mol. The van der Waals surface area contributed by atoms with Gasteiger partial charge in [0.1, 0.15) is 0 Å². The number of terminal acetylenes is 1. The maximum Gasteiger partial charge on any atom is 0.319 e. The predicted molar refractivity (Wildman–Crippen MR) is 221 cm³/mol. The van der Waals surface area contributed by atoms with E-state index in [1.54, 1.807) is 97.1 Å². The zero-order chi connectivity index (χ0) is 39.3. The summed E-state index contributed by atoms with van der Waals surface area (Å²) in [5.41, 5.74) is 36.7. The van der Waals surface area contributed by atoms with Crippen LogP contribution in [0.3, 0.4) is 0 Å². The fourth-order valence-corrected chi connectivity index (χ4v) is 3.46. The summed E-state index contributed by atoms with van der Waals surface area (Å²) in [6.07, 6.45) is 8.00. The Labute approximate surface area is 314 Å². The first-order chi connectivity index (χ1) is 24.8. The maximum absolute atomic E-state index is 11.4. The molecule has 4 aromatic carbocycles. The van der Waals surface area contributed by atoms with Crippen LogP contribution in [0.4, 0.5) is 64.7 Å². The molecule has 0 radical (unpaired) electrons. The lowest BCUT2D eigenvalue weighted by Crippen LogP contribution is -2.30. The zero-order valence-electron chi connectivity index (χ0n) is 28.2. The van der Waals surface area contributed by atoms with Gasteiger partial charge in [-0.3, -0.25) is 0 Å². The summed E-state index contributed by atoms with van der Waals surface area (Å²) in [6, 6.07) is 25.5. The van der Waals surface area contributed by atoms with Gasteiger partial charge in [0.15, 0.2) is 0 Å². The molecule has 0 aliphatic rings. The van der Waals surface area contributed by atoms with E-state index in [-0.39, 0.29) is 12.1 Å². The van der Waals surface area contributed by atoms with Gasteiger partial charge in [-0.15, -0.1) is 12.8 Å². The fraction of sp³-hybridized carbons (Fsp3) is 0.118. The molecule has 0 saturated carbocycles. The number of carbonyl (C=O) groups excluding carboxylic acids is 4. The third-order valence-corrected chi connectivity index (χ3v) is 5.94. The third kappa shape index (κ3) is 23.7. The summed E-state index contributed by atoms with van der Waals surface area (Å²) in [7, 11) is 0. The van der Waals surface area contributed by atoms with Gasteiger partial charge in [0.05, 0.1) is 0 Å². The van der Waals surface area contributed by atoms with E-state index in [9.17, 15) is 19.2 Å². The molecule has 0 unspecified atom stereocenters. The van der Waals surface area contributed by atoms with Crippen LogP contribution < -0.4 is 66.3 Å². The molecule has 4 rings (SSSR count). The Morgan fingerprint density at radius 2 is 0.654 bits per heavy atom. The normalized spacial score (nSPS) is 9.00. The molecule has 278 valence electrons. The molecule has 0 atom stereocenters. The molecular weight excluding hydrogens is 705 g/mol. The van der Waals surface area contributed by atoms with Gasteiger partial charge in [-0.25, -0.2) is 19.2 Å². The smallest absolute Gasteiger partial charge is 0.319 e. The van der Waals surface area contributed by atoms with Gasteiger partial charge in [0.2, 0.25) is 0 Å². The van der Waals surface area contributed by atoms with Crippen molar-refractivity contribution in [3.8, 4) is 12.8 Å². The number of hydrogen-bond donors (Lipinski definition) is 14. The summed E-state index contributed by atoms with van der Waals surface area (Å²) in [4.78, 5) is 43.7. The van der Waals surface area contributed by atoms with Crippen LogP contribution >= 0.6 is 25.3 Å². The summed E-state index contributed by atoms with van der Waals surface area (Å²) >= 11 is 7.99. The van der Waals surface area contributed by atoms with E-state index in [1.807, 2.05) is 0 Å². The van der Waals surface area contributed by atoms with E-state index in [0.717, 1.165) is 22.7 Å². The van der Waals surface area contributed by atoms with Gasteiger partial charge in [-0.1, -0.05) is 0 Å². The van der Waals surface area contributed by atoms with E-state index < -0.39 is 12.1 Å². The zero-order valence-corrected chi connectivity index (χ0v) is 30.0. The molecule has 0 aliphatic heterocycles. The summed E-state index contributed by atoms with van der Waals surface area (Å²) in [5.74, 6) is 1.16. The first-order valence-corrected chi connectivity index (χ1v) is 16.3. The SMILES string of the molecule is C#C.NC(=O)Nc1ccc(NC(N)=O)cc1.Nc1ccc(N)cc1.Nc1ccc(N)cc1.O=C(NCCS)Nc1ccc(NC(=O)NCCS)cc1. The number of hydrogen-bond acceptors (Lipinski definition) is 10. The van der Waals surface area contributed by atoms with Gasteiger partial charge in [0.25, 0.3) is 0 Å². The Morgan fingerprint density at radius 3 is 0.846 bits per heavy atom. The van der Waals surface area contributed by atoms with Crippen LogP contribution in [0.2, 0.25) is 0 Å². The van der Waals surface area contributed by atoms with Crippen molar-refractivity contribution in [2.24, 2.45) is 11.5 Å². The van der Waals surface area contributed by atoms with Crippen LogP contribution in [-0.4, -0.2) is 48.7 Å². The molecular formula is C34H46N12O4S2. The van der Waals surface area contributed by atoms with E-state index >= 15 is 0 Å². The monoisotopic (exact) mass is 750 g/mol. The Bertz CT molecular complexity index is 1480. The van der Waals surface area contributed by atoms with Crippen molar-refractivity contribution in [3.05, 3.63) is 97.1 Å². The second-order valence-electron chi connectivity index (χ2n) is 9.68. The van der Waals surface area contributed by atoms with Crippen molar-refractivity contribution in [2.45, 2.75) is 0 Å². The molecule has 0 bridgehead atoms. The summed E-state index contributed by atoms with van der Waals surface area (Å²) in [5, 5.41) is 15.4. The quantitative estimate of drug-likeness (QED) is 0.0693. The van der Waals surface area contributed by atoms with Crippen molar-refractivity contribution in [1.82, 2.24) is 10.6 Å². The largest absolute Gasteiger partial charge is 0.399 e. The minimum atomic E-state index is -0.638. The second kappa shape index (κ2) is 27.3. The van der Waals surface area contributed by atoms with Crippen molar-refractivity contribution < 1.29 is 19.2 Å². The van der Waals surface area contributed by atoms with Crippen LogP contribution in [-0.2, 0) is 0 Å². The highest BCUT2D eigenvalue weighted by Gasteiger charge is 2.03. The summed E-state index contributed by atoms with van der Waals surface area (Å²) in [6.45, 7) is 1.000. The standard InChI is InChI=1S/C12H18N4O2S2.C8H10N4O2.2C6H8N2.C2H2/c17-11(13-5-7-19)15-9-1-2-10(4-3-9)16-12(18)14-6-8-20;9-7(13)11-5-1-2-6(4-3-5)12-8(10)14;2*7-5-1-2-6(8)4-3-5;1-2/h1-4,19-20H,5-8H2,(H2,13,15,17)(H2,14,16,18);1-4H,(H3,9,11,13)(H3,10,12,14);2*1-4H,7-8H2;1-2H. The minimum absolute atomic E-state index is 0.286. The number of anilines is 8. The lowest BCUT2D eigenvalue weighted by Gasteiger charge is -2.09. The lowest BCUT2D eigenvalue weighted by molar-refractivity contribution is 0.251. The van der Waals surface area contributed by atoms with Crippen LogP contribution in [0.15, 0.2) is 97.1 Å². The first-order valence-electron chi connectivity index (χ1n) is 15.0. The maximum atomic E-state index is 11.4. The van der Waals surface area contributed by atoms with Crippen molar-refractivity contribution >= 4 is 94.9 Å². The molecule has 52 heavy (non-hydrogen) atoms. The third-order valence-electron chi connectivity index (χ3n) is 5.49. The van der Waals surface area contributed by atoms with Gasteiger partial charge in [-0.05, 0) is 97.1 Å². The minimum Gasteiger partial charge on any atom is -0.399 e. The number of nitrogen functional groups attached to an aromatic ring is 4. The number of thiol groups is 2. The van der Waals surface area contributed by atoms with Crippen LogP contribution in [0.25, 0.3) is 0 Å². The van der Waals surface area contributed by atoms with Crippen molar-refractivity contribution in [2.75, 3.05) is 68.8 Å². The molecule has 16 nitrogen and oxygen atoms in total. The number of carbonyl (C=O) groups is 4. The number of nitrogens with one attached hydrogen (secondary N) is 6. The van der Waals surface area contributed by atoms with E-state index in [1.165, 1.54) is 0 Å². The topological polar surface area (TPSA) is 297 Å². The molecule has 18 heteroatoms. The van der Waals surface area contributed by atoms with E-state index in [0.29, 0.717) is 47.3 Å². The Kier molecular flexibility index (Phi) is 23.8. The molecule has 4 aromatic rings. The first kappa shape index (κ1) is 45.4. The fourth-order valence-electron chi connectivity index (χ4n) is 3.24. The molecule has 0 spiro atoms. The van der Waals surface area contributed by atoms with Crippen LogP contribution in [0.1, 0.15) is 0 Å². The lowest BCUT2D eigenvalue weighted by atomic mass is 10.3. The Hall–Kier alpha value is -6.58. The number of benzene rings is 4. The highest BCUT2D eigenvalue weighted by atomic mass is 32.1. The molecule has 0 heterocycles. The average Bonchev–Trinajstić information content (AvgIpc) is 3.12. The second-order valence-corrected chi connectivity index (χ2v) is 10.6. The highest BCUT2D eigenvalue weighted by molar-refractivity contribution is 7.80. The van der Waals surface area contributed by atoms with Gasteiger partial charge >= 0.3 is 24.1 Å². The number of amides is 8. The number of primary amides is 2. The highest BCUT2D eigenvalue weighted by Crippen LogP contribution is 2.14. The molecule has 0 aliphatic carbocycles. The van der Waals surface area contributed by atoms with Gasteiger partial charge in [-0.2, -0.15) is 25.3 Å². The predicted octanol–water partition coefficient (Wildman–Crippen LogP) is 4.41.